The predicted octanol–water partition coefficient (Wildman–Crippen LogP) is 7.02. The number of rotatable bonds is 3. The molecule has 0 saturated heterocycles. The number of fused-ring (bicyclic) bond motifs is 1. The van der Waals surface area contributed by atoms with E-state index in [4.69, 9.17) is 0 Å². The molecule has 2 nitrogen and oxygen atoms in total. The largest absolute Gasteiger partial charge is 0.508 e. The molecule has 1 aromatic heterocycles. The molecule has 0 aliphatic rings. The average Bonchev–Trinajstić information content (AvgIpc) is 3.08. The van der Waals surface area contributed by atoms with Gasteiger partial charge in [0, 0.05) is 22.2 Å². The lowest BCUT2D eigenvalue weighted by Gasteiger charge is -2.04. The number of hydrogen-bond donors (Lipinski definition) is 2. The molecule has 3 heteroatoms. The molecule has 3 aromatic carbocycles. The van der Waals surface area contributed by atoms with Crippen LogP contribution in [-0.2, 0) is 0 Å². The Bertz CT molecular complexity index is 1060. The van der Waals surface area contributed by atoms with E-state index >= 15 is 0 Å². The second kappa shape index (κ2) is 7.92. The SMILES string of the molecule is C=Cc1[nH]c2cc(-c3ccc(F)cc3)ccc2c1-c1ccc(O)cc1.CC. The number of aromatic hydroxyl groups is 1. The fourth-order valence-electron chi connectivity index (χ4n) is 3.13. The van der Waals surface area contributed by atoms with E-state index in [0.717, 1.165) is 38.9 Å². The van der Waals surface area contributed by atoms with Crippen molar-refractivity contribution in [2.45, 2.75) is 13.8 Å². The number of hydrogen-bond acceptors (Lipinski definition) is 1. The highest BCUT2D eigenvalue weighted by atomic mass is 19.1. The fraction of sp³-hybridized carbons (Fsp3) is 0.0833. The molecule has 0 aliphatic carbocycles. The van der Waals surface area contributed by atoms with Gasteiger partial charge in [0.25, 0.3) is 0 Å². The normalized spacial score (nSPS) is 10.3. The van der Waals surface area contributed by atoms with Crippen molar-refractivity contribution >= 4 is 17.0 Å². The van der Waals surface area contributed by atoms with Gasteiger partial charge in [-0.15, -0.1) is 0 Å². The first-order valence-electron chi connectivity index (χ1n) is 8.99. The number of benzene rings is 3. The van der Waals surface area contributed by atoms with Gasteiger partial charge in [-0.3, -0.25) is 0 Å². The Morgan fingerprint density at radius 2 is 1.44 bits per heavy atom. The molecule has 0 saturated carbocycles. The lowest BCUT2D eigenvalue weighted by molar-refractivity contribution is 0.475. The van der Waals surface area contributed by atoms with Gasteiger partial charge in [-0.25, -0.2) is 4.39 Å². The highest BCUT2D eigenvalue weighted by Gasteiger charge is 2.12. The van der Waals surface area contributed by atoms with Crippen LogP contribution < -0.4 is 0 Å². The third-order valence-electron chi connectivity index (χ3n) is 4.37. The first-order chi connectivity index (χ1) is 13.2. The summed E-state index contributed by atoms with van der Waals surface area (Å²) in [5.74, 6) is -0.00407. The van der Waals surface area contributed by atoms with Gasteiger partial charge < -0.3 is 10.1 Å². The second-order valence-electron chi connectivity index (χ2n) is 5.93. The van der Waals surface area contributed by atoms with E-state index < -0.39 is 0 Å². The predicted molar refractivity (Wildman–Crippen MR) is 112 cm³/mol. The van der Waals surface area contributed by atoms with Crippen LogP contribution in [0.25, 0.3) is 39.2 Å². The minimum atomic E-state index is -0.242. The maximum absolute atomic E-state index is 13.1. The van der Waals surface area contributed by atoms with Gasteiger partial charge in [0.15, 0.2) is 0 Å². The van der Waals surface area contributed by atoms with Gasteiger partial charge in [-0.1, -0.05) is 56.8 Å². The molecule has 4 aromatic rings. The summed E-state index contributed by atoms with van der Waals surface area (Å²) in [4.78, 5) is 3.39. The Morgan fingerprint density at radius 1 is 0.852 bits per heavy atom. The summed E-state index contributed by atoms with van der Waals surface area (Å²) in [6.45, 7) is 7.90. The standard InChI is InChI=1S/C22H16FNO.C2H6/c1-2-20-22(15-5-10-18(25)11-6-15)19-12-7-16(13-21(19)24-20)14-3-8-17(23)9-4-14;1-2/h2-13,24-25H,1H2;1-2H3. The van der Waals surface area contributed by atoms with Crippen LogP contribution >= 0.6 is 0 Å². The van der Waals surface area contributed by atoms with Crippen molar-refractivity contribution in [2.75, 3.05) is 0 Å². The Balaban J connectivity index is 0.00000102. The molecule has 0 radical (unpaired) electrons. The third kappa shape index (κ3) is 3.63. The Morgan fingerprint density at radius 3 is 2.07 bits per heavy atom. The molecule has 0 aliphatic heterocycles. The van der Waals surface area contributed by atoms with Crippen LogP contribution in [0, 0.1) is 5.82 Å². The molecule has 0 fully saturated rings. The number of aromatic amines is 1. The van der Waals surface area contributed by atoms with Crippen molar-refractivity contribution in [3.8, 4) is 28.0 Å². The number of aromatic nitrogens is 1. The number of phenolic OH excluding ortho intramolecular Hbond substituents is 1. The highest BCUT2D eigenvalue weighted by Crippen LogP contribution is 2.35. The molecule has 0 bridgehead atoms. The van der Waals surface area contributed by atoms with E-state index in [0.29, 0.717) is 0 Å². The summed E-state index contributed by atoms with van der Waals surface area (Å²) in [5, 5.41) is 10.6. The van der Waals surface area contributed by atoms with E-state index in [1.54, 1.807) is 30.3 Å². The molecule has 0 spiro atoms. The van der Waals surface area contributed by atoms with Crippen LogP contribution in [0.5, 0.6) is 5.75 Å². The first kappa shape index (κ1) is 18.5. The van der Waals surface area contributed by atoms with Crippen molar-refractivity contribution in [1.82, 2.24) is 4.98 Å². The first-order valence-corrected chi connectivity index (χ1v) is 8.99. The molecule has 4 rings (SSSR count). The van der Waals surface area contributed by atoms with E-state index in [1.807, 2.05) is 32.0 Å². The van der Waals surface area contributed by atoms with Gasteiger partial charge in [-0.2, -0.15) is 0 Å². The van der Waals surface area contributed by atoms with E-state index in [9.17, 15) is 9.50 Å². The zero-order valence-electron chi connectivity index (χ0n) is 15.5. The van der Waals surface area contributed by atoms with Crippen molar-refractivity contribution in [2.24, 2.45) is 0 Å². The maximum atomic E-state index is 13.1. The quantitative estimate of drug-likeness (QED) is 0.405. The third-order valence-corrected chi connectivity index (χ3v) is 4.37. The monoisotopic (exact) mass is 359 g/mol. The molecule has 2 N–H and O–H groups in total. The second-order valence-corrected chi connectivity index (χ2v) is 5.93. The lowest BCUT2D eigenvalue weighted by Crippen LogP contribution is -1.80. The van der Waals surface area contributed by atoms with Gasteiger partial charge in [0.1, 0.15) is 11.6 Å². The highest BCUT2D eigenvalue weighted by molar-refractivity contribution is 6.01. The number of H-pyrrole nitrogens is 1. The molecule has 0 unspecified atom stereocenters. The summed E-state index contributed by atoms with van der Waals surface area (Å²) < 4.78 is 13.1. The molecule has 136 valence electrons. The molecular weight excluding hydrogens is 337 g/mol. The number of phenols is 1. The molecule has 0 amide bonds. The average molecular weight is 359 g/mol. The van der Waals surface area contributed by atoms with Crippen molar-refractivity contribution in [3.63, 3.8) is 0 Å². The van der Waals surface area contributed by atoms with Gasteiger partial charge in [0.05, 0.1) is 0 Å². The van der Waals surface area contributed by atoms with Crippen LogP contribution in [0.15, 0.2) is 73.3 Å². The molecule has 0 atom stereocenters. The molecule has 1 heterocycles. The van der Waals surface area contributed by atoms with Crippen LogP contribution in [0.1, 0.15) is 19.5 Å². The number of halogens is 1. The topological polar surface area (TPSA) is 36.0 Å². The van der Waals surface area contributed by atoms with E-state index in [1.165, 1.54) is 12.1 Å². The maximum Gasteiger partial charge on any atom is 0.123 e. The van der Waals surface area contributed by atoms with Crippen LogP contribution in [0.4, 0.5) is 4.39 Å². The smallest absolute Gasteiger partial charge is 0.123 e. The summed E-state index contributed by atoms with van der Waals surface area (Å²) >= 11 is 0. The summed E-state index contributed by atoms with van der Waals surface area (Å²) in [6, 6.07) is 19.7. The van der Waals surface area contributed by atoms with Gasteiger partial charge in [0.2, 0.25) is 0 Å². The Hall–Kier alpha value is -3.33. The summed E-state index contributed by atoms with van der Waals surface area (Å²) in [5.41, 5.74) is 5.95. The Labute approximate surface area is 158 Å². The zero-order valence-corrected chi connectivity index (χ0v) is 15.5. The fourth-order valence-corrected chi connectivity index (χ4v) is 3.13. The van der Waals surface area contributed by atoms with Gasteiger partial charge in [-0.05, 0) is 53.1 Å². The lowest BCUT2D eigenvalue weighted by atomic mass is 9.99. The Kier molecular flexibility index (Phi) is 5.41. The van der Waals surface area contributed by atoms with Gasteiger partial charge >= 0.3 is 0 Å². The molecular formula is C24H22FNO. The van der Waals surface area contributed by atoms with Crippen LogP contribution in [-0.4, -0.2) is 10.1 Å². The summed E-state index contributed by atoms with van der Waals surface area (Å²) in [6.07, 6.45) is 1.79. The van der Waals surface area contributed by atoms with Crippen molar-refractivity contribution in [3.05, 3.63) is 84.8 Å². The van der Waals surface area contributed by atoms with Crippen LogP contribution in [0.2, 0.25) is 0 Å². The van der Waals surface area contributed by atoms with Crippen molar-refractivity contribution < 1.29 is 9.50 Å². The van der Waals surface area contributed by atoms with Crippen molar-refractivity contribution in [1.29, 1.82) is 0 Å². The zero-order chi connectivity index (χ0) is 19.4. The van der Waals surface area contributed by atoms with Crippen LogP contribution in [0.3, 0.4) is 0 Å². The minimum Gasteiger partial charge on any atom is -0.508 e. The minimum absolute atomic E-state index is 0.238. The summed E-state index contributed by atoms with van der Waals surface area (Å²) in [7, 11) is 0. The van der Waals surface area contributed by atoms with E-state index in [-0.39, 0.29) is 11.6 Å². The number of nitrogens with one attached hydrogen (secondary N) is 1. The van der Waals surface area contributed by atoms with E-state index in [2.05, 4.69) is 23.7 Å². The molecule has 27 heavy (non-hydrogen) atoms.